The van der Waals surface area contributed by atoms with Crippen molar-refractivity contribution in [2.75, 3.05) is 17.6 Å². The number of aromatic amines is 1. The number of aromatic nitrogens is 2. The third-order valence-electron chi connectivity index (χ3n) is 2.48. The first-order chi connectivity index (χ1) is 8.25. The molecule has 0 saturated carbocycles. The average Bonchev–Trinajstić information content (AvgIpc) is 2.82. The molecule has 0 bridgehead atoms. The molecule has 0 radical (unpaired) electrons. The minimum Gasteiger partial charge on any atom is -0.397 e. The number of benzene rings is 1. The van der Waals surface area contributed by atoms with E-state index in [0.29, 0.717) is 10.7 Å². The molecule has 0 unspecified atom stereocenters. The number of hydrogen-bond acceptors (Lipinski definition) is 3. The summed E-state index contributed by atoms with van der Waals surface area (Å²) in [4.78, 5) is 7.23. The van der Waals surface area contributed by atoms with Crippen LogP contribution in [0.3, 0.4) is 0 Å². The van der Waals surface area contributed by atoms with Gasteiger partial charge in [0, 0.05) is 30.4 Å². The fraction of sp³-hybridized carbons (Fsp3) is 0.250. The molecular weight excluding hydrogens is 236 g/mol. The molecule has 2 aromatic rings. The zero-order chi connectivity index (χ0) is 12.1. The van der Waals surface area contributed by atoms with Crippen LogP contribution in [-0.2, 0) is 6.42 Å². The number of nitrogens with one attached hydrogen (secondary N) is 2. The molecule has 0 aliphatic heterocycles. The van der Waals surface area contributed by atoms with Crippen LogP contribution in [0.4, 0.5) is 11.4 Å². The number of aryl methyl sites for hydroxylation is 1. The molecule has 90 valence electrons. The Kier molecular flexibility index (Phi) is 3.88. The highest BCUT2D eigenvalue weighted by atomic mass is 35.5. The Bertz CT molecular complexity index is 467. The normalized spacial score (nSPS) is 10.4. The molecular formula is C12H15ClN4. The van der Waals surface area contributed by atoms with Gasteiger partial charge in [0.05, 0.1) is 11.4 Å². The van der Waals surface area contributed by atoms with Crippen molar-refractivity contribution in [1.82, 2.24) is 9.97 Å². The molecule has 1 aromatic heterocycles. The van der Waals surface area contributed by atoms with Gasteiger partial charge >= 0.3 is 0 Å². The molecule has 0 aliphatic carbocycles. The van der Waals surface area contributed by atoms with Crippen molar-refractivity contribution in [3.63, 3.8) is 0 Å². The van der Waals surface area contributed by atoms with E-state index in [1.54, 1.807) is 18.3 Å². The highest BCUT2D eigenvalue weighted by Gasteiger charge is 2.00. The highest BCUT2D eigenvalue weighted by Crippen LogP contribution is 2.22. The molecule has 1 aromatic carbocycles. The van der Waals surface area contributed by atoms with E-state index in [1.807, 2.05) is 12.3 Å². The second-order valence-corrected chi connectivity index (χ2v) is 4.23. The number of anilines is 2. The zero-order valence-corrected chi connectivity index (χ0v) is 10.2. The summed E-state index contributed by atoms with van der Waals surface area (Å²) in [5, 5.41) is 3.95. The average molecular weight is 251 g/mol. The van der Waals surface area contributed by atoms with Crippen molar-refractivity contribution in [3.8, 4) is 0 Å². The second-order valence-electron chi connectivity index (χ2n) is 3.80. The minimum absolute atomic E-state index is 0.688. The van der Waals surface area contributed by atoms with Gasteiger partial charge in [-0.25, -0.2) is 4.98 Å². The number of nitrogens with two attached hydrogens (primary N) is 1. The fourth-order valence-electron chi connectivity index (χ4n) is 1.60. The summed E-state index contributed by atoms with van der Waals surface area (Å²) < 4.78 is 0. The van der Waals surface area contributed by atoms with Gasteiger partial charge in [0.15, 0.2) is 0 Å². The Morgan fingerprint density at radius 1 is 1.41 bits per heavy atom. The number of halogens is 1. The second kappa shape index (κ2) is 5.59. The number of H-pyrrole nitrogens is 1. The van der Waals surface area contributed by atoms with Gasteiger partial charge < -0.3 is 16.0 Å². The number of imidazole rings is 1. The number of rotatable bonds is 5. The molecule has 4 N–H and O–H groups in total. The van der Waals surface area contributed by atoms with E-state index in [-0.39, 0.29) is 0 Å². The van der Waals surface area contributed by atoms with E-state index in [1.165, 1.54) is 0 Å². The third kappa shape index (κ3) is 3.39. The van der Waals surface area contributed by atoms with Gasteiger partial charge in [0.1, 0.15) is 5.82 Å². The lowest BCUT2D eigenvalue weighted by Crippen LogP contribution is -2.05. The van der Waals surface area contributed by atoms with Gasteiger partial charge in [-0.15, -0.1) is 0 Å². The summed E-state index contributed by atoms with van der Waals surface area (Å²) in [6.07, 6.45) is 5.50. The predicted molar refractivity (Wildman–Crippen MR) is 71.3 cm³/mol. The van der Waals surface area contributed by atoms with Crippen LogP contribution in [0.5, 0.6) is 0 Å². The molecule has 0 amide bonds. The van der Waals surface area contributed by atoms with Gasteiger partial charge in [-0.2, -0.15) is 0 Å². The Balaban J connectivity index is 1.80. The van der Waals surface area contributed by atoms with Gasteiger partial charge in [-0.3, -0.25) is 0 Å². The molecule has 17 heavy (non-hydrogen) atoms. The molecule has 0 atom stereocenters. The number of nitrogen functional groups attached to an aromatic ring is 1. The Labute approximate surface area is 105 Å². The van der Waals surface area contributed by atoms with Crippen molar-refractivity contribution in [1.29, 1.82) is 0 Å². The molecule has 5 heteroatoms. The van der Waals surface area contributed by atoms with Crippen molar-refractivity contribution < 1.29 is 0 Å². The molecule has 2 rings (SSSR count). The maximum atomic E-state index is 5.90. The minimum atomic E-state index is 0.688. The maximum absolute atomic E-state index is 5.90. The van der Waals surface area contributed by atoms with Crippen LogP contribution in [0, 0.1) is 0 Å². The zero-order valence-electron chi connectivity index (χ0n) is 9.41. The Hall–Kier alpha value is -1.68. The first kappa shape index (κ1) is 11.8. The summed E-state index contributed by atoms with van der Waals surface area (Å²) in [7, 11) is 0. The quantitative estimate of drug-likeness (QED) is 0.565. The van der Waals surface area contributed by atoms with Crippen LogP contribution in [-0.4, -0.2) is 16.5 Å². The fourth-order valence-corrected chi connectivity index (χ4v) is 1.77. The van der Waals surface area contributed by atoms with E-state index >= 15 is 0 Å². The Morgan fingerprint density at radius 2 is 2.29 bits per heavy atom. The number of nitrogens with zero attached hydrogens (tertiary/aromatic N) is 1. The van der Waals surface area contributed by atoms with Crippen molar-refractivity contribution >= 4 is 23.0 Å². The summed E-state index contributed by atoms with van der Waals surface area (Å²) in [6.45, 7) is 0.839. The van der Waals surface area contributed by atoms with Crippen LogP contribution in [0.1, 0.15) is 12.2 Å². The Morgan fingerprint density at radius 3 is 3.06 bits per heavy atom. The monoisotopic (exact) mass is 250 g/mol. The van der Waals surface area contributed by atoms with Gasteiger partial charge in [-0.1, -0.05) is 11.6 Å². The van der Waals surface area contributed by atoms with Crippen molar-refractivity contribution in [3.05, 3.63) is 41.4 Å². The van der Waals surface area contributed by atoms with E-state index in [2.05, 4.69) is 15.3 Å². The summed E-state index contributed by atoms with van der Waals surface area (Å²) >= 11 is 5.90. The molecule has 1 heterocycles. The lowest BCUT2D eigenvalue weighted by molar-refractivity contribution is 0.817. The lowest BCUT2D eigenvalue weighted by Gasteiger charge is -2.09. The largest absolute Gasteiger partial charge is 0.397 e. The summed E-state index contributed by atoms with van der Waals surface area (Å²) in [6, 6.07) is 5.42. The molecule has 0 spiro atoms. The predicted octanol–water partition coefficient (Wildman–Crippen LogP) is 2.69. The van der Waals surface area contributed by atoms with Gasteiger partial charge in [0.2, 0.25) is 0 Å². The van der Waals surface area contributed by atoms with E-state index in [0.717, 1.165) is 30.9 Å². The third-order valence-corrected chi connectivity index (χ3v) is 2.71. The van der Waals surface area contributed by atoms with E-state index < -0.39 is 0 Å². The molecule has 0 saturated heterocycles. The molecule has 4 nitrogen and oxygen atoms in total. The van der Waals surface area contributed by atoms with Crippen LogP contribution in [0.25, 0.3) is 0 Å². The van der Waals surface area contributed by atoms with E-state index in [4.69, 9.17) is 17.3 Å². The van der Waals surface area contributed by atoms with Crippen LogP contribution < -0.4 is 11.1 Å². The lowest BCUT2D eigenvalue weighted by atomic mass is 10.2. The first-order valence-corrected chi connectivity index (χ1v) is 5.90. The summed E-state index contributed by atoms with van der Waals surface area (Å²) in [5.41, 5.74) is 7.43. The van der Waals surface area contributed by atoms with Gasteiger partial charge in [-0.05, 0) is 24.6 Å². The van der Waals surface area contributed by atoms with Gasteiger partial charge in [0.25, 0.3) is 0 Å². The topological polar surface area (TPSA) is 66.7 Å². The van der Waals surface area contributed by atoms with Crippen LogP contribution >= 0.6 is 11.6 Å². The molecule has 0 fully saturated rings. The summed E-state index contributed by atoms with van der Waals surface area (Å²) in [5.74, 6) is 1.01. The van der Waals surface area contributed by atoms with E-state index in [9.17, 15) is 0 Å². The number of hydrogen-bond donors (Lipinski definition) is 3. The SMILES string of the molecule is Nc1ccc(Cl)cc1NCCCc1ncc[nH]1. The highest BCUT2D eigenvalue weighted by molar-refractivity contribution is 6.31. The maximum Gasteiger partial charge on any atom is 0.106 e. The van der Waals surface area contributed by atoms with Crippen molar-refractivity contribution in [2.45, 2.75) is 12.8 Å². The van der Waals surface area contributed by atoms with Crippen molar-refractivity contribution in [2.24, 2.45) is 0 Å². The molecule has 0 aliphatic rings. The van der Waals surface area contributed by atoms with Crippen LogP contribution in [0.15, 0.2) is 30.6 Å². The smallest absolute Gasteiger partial charge is 0.106 e. The first-order valence-electron chi connectivity index (χ1n) is 5.53. The van der Waals surface area contributed by atoms with Crippen LogP contribution in [0.2, 0.25) is 5.02 Å². The standard InChI is InChI=1S/C12H15ClN4/c13-9-3-4-10(14)11(8-9)15-5-1-2-12-16-6-7-17-12/h3-4,6-8,15H,1-2,5,14H2,(H,16,17).